The van der Waals surface area contributed by atoms with Gasteiger partial charge in [-0.05, 0) is 12.8 Å². The van der Waals surface area contributed by atoms with E-state index in [1.54, 1.807) is 0 Å². The van der Waals surface area contributed by atoms with Gasteiger partial charge in [-0.25, -0.2) is 0 Å². The summed E-state index contributed by atoms with van der Waals surface area (Å²) in [4.78, 5) is 11.9. The van der Waals surface area contributed by atoms with Crippen molar-refractivity contribution in [1.29, 1.82) is 5.26 Å². The van der Waals surface area contributed by atoms with Gasteiger partial charge in [0, 0.05) is 18.4 Å². The van der Waals surface area contributed by atoms with Gasteiger partial charge in [0.2, 0.25) is 0 Å². The van der Waals surface area contributed by atoms with Crippen molar-refractivity contribution in [2.45, 2.75) is 64.2 Å². The molecule has 2 heteroatoms. The number of nitriles is 1. The Kier molecular flexibility index (Phi) is 9.23. The molecule has 2 nitrogen and oxygen atoms in total. The normalized spacial score (nSPS) is 10.2. The Labute approximate surface area is 122 Å². The third-order valence-corrected chi connectivity index (χ3v) is 3.54. The van der Waals surface area contributed by atoms with Crippen LogP contribution in [0.3, 0.4) is 0 Å². The number of benzene rings is 1. The van der Waals surface area contributed by atoms with E-state index in [4.69, 9.17) is 5.26 Å². The quantitative estimate of drug-likeness (QED) is 0.405. The zero-order valence-corrected chi connectivity index (χ0v) is 12.3. The predicted octanol–water partition coefficient (Wildman–Crippen LogP) is 5.29. The average molecular weight is 271 g/mol. The fourth-order valence-corrected chi connectivity index (χ4v) is 2.32. The van der Waals surface area contributed by atoms with Crippen LogP contribution in [0.5, 0.6) is 0 Å². The molecule has 1 aromatic rings. The largest absolute Gasteiger partial charge is 0.294 e. The first-order valence-electron chi connectivity index (χ1n) is 7.80. The Morgan fingerprint density at radius 3 is 2.00 bits per heavy atom. The fourth-order valence-electron chi connectivity index (χ4n) is 2.32. The van der Waals surface area contributed by atoms with Crippen molar-refractivity contribution < 1.29 is 4.79 Å². The van der Waals surface area contributed by atoms with Crippen molar-refractivity contribution in [3.8, 4) is 6.07 Å². The first kappa shape index (κ1) is 16.4. The minimum atomic E-state index is 0.266. The molecule has 0 spiro atoms. The number of hydrogen-bond acceptors (Lipinski definition) is 2. The van der Waals surface area contributed by atoms with E-state index in [2.05, 4.69) is 6.07 Å². The van der Waals surface area contributed by atoms with Crippen LogP contribution in [0.15, 0.2) is 30.3 Å². The Balaban J connectivity index is 1.92. The lowest BCUT2D eigenvalue weighted by molar-refractivity contribution is 0.0979. The van der Waals surface area contributed by atoms with Crippen LogP contribution in [-0.2, 0) is 0 Å². The minimum absolute atomic E-state index is 0.266. The third-order valence-electron chi connectivity index (χ3n) is 3.54. The van der Waals surface area contributed by atoms with Gasteiger partial charge >= 0.3 is 0 Å². The lowest BCUT2D eigenvalue weighted by Gasteiger charge is -2.02. The van der Waals surface area contributed by atoms with Crippen LogP contribution >= 0.6 is 0 Å². The van der Waals surface area contributed by atoms with E-state index in [1.807, 2.05) is 30.3 Å². The van der Waals surface area contributed by atoms with Gasteiger partial charge in [-0.1, -0.05) is 68.9 Å². The van der Waals surface area contributed by atoms with Crippen molar-refractivity contribution >= 4 is 5.78 Å². The van der Waals surface area contributed by atoms with Crippen LogP contribution < -0.4 is 0 Å². The molecule has 0 unspecified atom stereocenters. The molecule has 1 aromatic carbocycles. The summed E-state index contributed by atoms with van der Waals surface area (Å²) in [5.74, 6) is 0.266. The first-order chi connectivity index (χ1) is 9.84. The Morgan fingerprint density at radius 2 is 1.40 bits per heavy atom. The summed E-state index contributed by atoms with van der Waals surface area (Å²) < 4.78 is 0. The highest BCUT2D eigenvalue weighted by molar-refractivity contribution is 5.95. The van der Waals surface area contributed by atoms with Gasteiger partial charge in [0.15, 0.2) is 5.78 Å². The second-order valence-electron chi connectivity index (χ2n) is 5.28. The summed E-state index contributed by atoms with van der Waals surface area (Å²) >= 11 is 0. The molecule has 0 fully saturated rings. The smallest absolute Gasteiger partial charge is 0.162 e. The average Bonchev–Trinajstić information content (AvgIpc) is 2.50. The highest BCUT2D eigenvalue weighted by Gasteiger charge is 2.03. The van der Waals surface area contributed by atoms with Gasteiger partial charge in [-0.3, -0.25) is 4.79 Å². The predicted molar refractivity (Wildman–Crippen MR) is 82.6 cm³/mol. The van der Waals surface area contributed by atoms with E-state index in [-0.39, 0.29) is 5.78 Å². The number of Topliss-reactive ketones (excluding diaryl/α,β-unsaturated/α-hetero) is 1. The Bertz CT molecular complexity index is 405. The Hall–Kier alpha value is -1.62. The molecule has 0 aliphatic carbocycles. The maximum absolute atomic E-state index is 11.9. The summed E-state index contributed by atoms with van der Waals surface area (Å²) in [6.07, 6.45) is 10.7. The van der Waals surface area contributed by atoms with E-state index >= 15 is 0 Å². The van der Waals surface area contributed by atoms with Crippen molar-refractivity contribution in [2.24, 2.45) is 0 Å². The maximum Gasteiger partial charge on any atom is 0.162 e. The molecule has 0 radical (unpaired) electrons. The van der Waals surface area contributed by atoms with Crippen LogP contribution in [0.1, 0.15) is 74.6 Å². The van der Waals surface area contributed by atoms with Crippen molar-refractivity contribution in [2.75, 3.05) is 0 Å². The number of carbonyl (C=O) groups is 1. The molecule has 0 amide bonds. The van der Waals surface area contributed by atoms with Crippen LogP contribution in [0.2, 0.25) is 0 Å². The molecule has 1 rings (SSSR count). The number of hydrogen-bond donors (Lipinski definition) is 0. The molecule has 0 saturated heterocycles. The van der Waals surface area contributed by atoms with Crippen LogP contribution in [0.4, 0.5) is 0 Å². The van der Waals surface area contributed by atoms with Gasteiger partial charge in [0.05, 0.1) is 6.07 Å². The SMILES string of the molecule is N#CCCCCCCCCCCC(=O)c1ccccc1. The van der Waals surface area contributed by atoms with Gasteiger partial charge < -0.3 is 0 Å². The van der Waals surface area contributed by atoms with Crippen molar-refractivity contribution in [3.63, 3.8) is 0 Å². The van der Waals surface area contributed by atoms with Crippen molar-refractivity contribution in [3.05, 3.63) is 35.9 Å². The number of unbranched alkanes of at least 4 members (excludes halogenated alkanes) is 8. The molecule has 0 aromatic heterocycles. The van der Waals surface area contributed by atoms with Gasteiger partial charge in [0.25, 0.3) is 0 Å². The summed E-state index contributed by atoms with van der Waals surface area (Å²) in [6.45, 7) is 0. The molecule has 108 valence electrons. The molecule has 0 heterocycles. The van der Waals surface area contributed by atoms with Crippen LogP contribution in [0, 0.1) is 11.3 Å². The zero-order valence-electron chi connectivity index (χ0n) is 12.3. The fraction of sp³-hybridized carbons (Fsp3) is 0.556. The van der Waals surface area contributed by atoms with Gasteiger partial charge in [0.1, 0.15) is 0 Å². The summed E-state index contributed by atoms with van der Waals surface area (Å²) in [7, 11) is 0. The standard InChI is InChI=1S/C18H25NO/c19-16-12-7-5-3-1-2-4-6-11-15-18(20)17-13-9-8-10-14-17/h8-10,13-14H,1-7,11-12,15H2. The number of nitrogens with zero attached hydrogens (tertiary/aromatic N) is 1. The van der Waals surface area contributed by atoms with Crippen molar-refractivity contribution in [1.82, 2.24) is 0 Å². The molecule has 0 atom stereocenters. The monoisotopic (exact) mass is 271 g/mol. The van der Waals surface area contributed by atoms with Crippen LogP contribution in [0.25, 0.3) is 0 Å². The second-order valence-corrected chi connectivity index (χ2v) is 5.28. The zero-order chi connectivity index (χ0) is 14.5. The molecular formula is C18H25NO. The molecule has 0 N–H and O–H groups in total. The summed E-state index contributed by atoms with van der Waals surface area (Å²) in [5.41, 5.74) is 0.838. The van der Waals surface area contributed by atoms with E-state index in [0.29, 0.717) is 12.8 Å². The molecule has 0 aliphatic rings. The van der Waals surface area contributed by atoms with Gasteiger partial charge in [-0.2, -0.15) is 5.26 Å². The number of rotatable bonds is 11. The number of ketones is 1. The topological polar surface area (TPSA) is 40.9 Å². The Morgan fingerprint density at radius 1 is 0.850 bits per heavy atom. The number of carbonyl (C=O) groups excluding carboxylic acids is 1. The van der Waals surface area contributed by atoms with E-state index < -0.39 is 0 Å². The van der Waals surface area contributed by atoms with E-state index in [1.165, 1.54) is 32.1 Å². The summed E-state index contributed by atoms with van der Waals surface area (Å²) in [5, 5.41) is 8.42. The third kappa shape index (κ3) is 7.74. The van der Waals surface area contributed by atoms with E-state index in [0.717, 1.165) is 24.8 Å². The maximum atomic E-state index is 11.9. The summed E-state index contributed by atoms with van der Waals surface area (Å²) in [6, 6.07) is 11.7. The first-order valence-corrected chi connectivity index (χ1v) is 7.80. The molecule has 0 aliphatic heterocycles. The lowest BCUT2D eigenvalue weighted by atomic mass is 10.0. The molecule has 0 saturated carbocycles. The second kappa shape index (κ2) is 11.2. The van der Waals surface area contributed by atoms with E-state index in [9.17, 15) is 4.79 Å². The molecule has 20 heavy (non-hydrogen) atoms. The van der Waals surface area contributed by atoms with Gasteiger partial charge in [-0.15, -0.1) is 0 Å². The molecular weight excluding hydrogens is 246 g/mol. The highest BCUT2D eigenvalue weighted by atomic mass is 16.1. The lowest BCUT2D eigenvalue weighted by Crippen LogP contribution is -1.98. The molecule has 0 bridgehead atoms. The highest BCUT2D eigenvalue weighted by Crippen LogP contribution is 2.12. The van der Waals surface area contributed by atoms with Crippen LogP contribution in [-0.4, -0.2) is 5.78 Å². The minimum Gasteiger partial charge on any atom is -0.294 e.